The Kier molecular flexibility index (Phi) is 17.5. The highest BCUT2D eigenvalue weighted by molar-refractivity contribution is 7.19. The van der Waals surface area contributed by atoms with Crippen LogP contribution in [0.3, 0.4) is 0 Å². The lowest BCUT2D eigenvalue weighted by Gasteiger charge is -2.33. The number of thiophene rings is 2. The third-order valence-corrected chi connectivity index (χ3v) is 16.8. The second-order valence-electron chi connectivity index (χ2n) is 19.8. The first-order valence-corrected chi connectivity index (χ1v) is 28.9. The number of ether oxygens (including phenoxy) is 2. The van der Waals surface area contributed by atoms with Gasteiger partial charge in [-0.3, -0.25) is 0 Å². The topological polar surface area (TPSA) is 44.2 Å². The van der Waals surface area contributed by atoms with Crippen molar-refractivity contribution in [2.75, 3.05) is 13.2 Å². The van der Waals surface area contributed by atoms with Gasteiger partial charge in [0.1, 0.15) is 11.5 Å². The highest BCUT2D eigenvalue weighted by Crippen LogP contribution is 2.55. The van der Waals surface area contributed by atoms with Gasteiger partial charge in [0.2, 0.25) is 0 Å². The molecule has 9 rings (SSSR count). The number of benzene rings is 5. The third-order valence-electron chi connectivity index (χ3n) is 14.7. The molecule has 8 aromatic rings. The molecule has 0 amide bonds. The van der Waals surface area contributed by atoms with Gasteiger partial charge < -0.3 is 9.47 Å². The molecule has 1 aliphatic carbocycles. The Hall–Kier alpha value is -5.56. The van der Waals surface area contributed by atoms with Crippen LogP contribution in [0.25, 0.3) is 76.0 Å². The Morgan fingerprint density at radius 1 is 0.408 bits per heavy atom. The SMILES string of the molecule is CCCCCCCCC1(CCCCCCCC)c2ccccc2-c2ccc(-c3ccc(-c4ccc(-c5cccs5)c5nc(-c6cccc(OCCCC)c6)c(-c6cccc(OCCCC)c6)nc45)s3)cc21. The molecule has 0 bridgehead atoms. The van der Waals surface area contributed by atoms with Crippen LogP contribution in [0.15, 0.2) is 133 Å². The summed E-state index contributed by atoms with van der Waals surface area (Å²) in [5.41, 5.74) is 14.9. The van der Waals surface area contributed by atoms with E-state index in [-0.39, 0.29) is 5.41 Å². The van der Waals surface area contributed by atoms with Gasteiger partial charge in [0.25, 0.3) is 0 Å². The summed E-state index contributed by atoms with van der Waals surface area (Å²) in [5.74, 6) is 1.69. The second-order valence-corrected chi connectivity index (χ2v) is 21.8. The van der Waals surface area contributed by atoms with Gasteiger partial charge in [-0.15, -0.1) is 22.7 Å². The predicted molar refractivity (Wildman–Crippen MR) is 305 cm³/mol. The Morgan fingerprint density at radius 2 is 0.944 bits per heavy atom. The van der Waals surface area contributed by atoms with E-state index < -0.39 is 0 Å². The van der Waals surface area contributed by atoms with Crippen LogP contribution in [-0.2, 0) is 5.41 Å². The molecule has 3 aromatic heterocycles. The van der Waals surface area contributed by atoms with E-state index in [9.17, 15) is 0 Å². The van der Waals surface area contributed by atoms with Gasteiger partial charge in [-0.2, -0.15) is 0 Å². The molecule has 5 aromatic carbocycles. The van der Waals surface area contributed by atoms with Crippen LogP contribution in [0.5, 0.6) is 11.5 Å². The molecule has 0 saturated carbocycles. The molecule has 3 heterocycles. The lowest BCUT2D eigenvalue weighted by Crippen LogP contribution is -2.25. The maximum absolute atomic E-state index is 6.29. The van der Waals surface area contributed by atoms with Crippen molar-refractivity contribution in [3.63, 3.8) is 0 Å². The molecule has 0 spiro atoms. The Morgan fingerprint density at radius 3 is 1.54 bits per heavy atom. The smallest absolute Gasteiger partial charge is 0.119 e. The Balaban J connectivity index is 1.14. The molecule has 0 unspecified atom stereocenters. The molecular weight excluding hydrogens is 905 g/mol. The van der Waals surface area contributed by atoms with Crippen LogP contribution >= 0.6 is 22.7 Å². The van der Waals surface area contributed by atoms with E-state index in [4.69, 9.17) is 19.4 Å². The molecule has 0 radical (unpaired) electrons. The zero-order chi connectivity index (χ0) is 48.8. The van der Waals surface area contributed by atoms with Crippen LogP contribution < -0.4 is 9.47 Å². The van der Waals surface area contributed by atoms with Gasteiger partial charge in [0.15, 0.2) is 0 Å². The second kappa shape index (κ2) is 24.7. The third kappa shape index (κ3) is 11.6. The molecule has 0 fully saturated rings. The van der Waals surface area contributed by atoms with Crippen molar-refractivity contribution in [2.24, 2.45) is 0 Å². The summed E-state index contributed by atoms with van der Waals surface area (Å²) in [6.07, 6.45) is 22.4. The fourth-order valence-corrected chi connectivity index (χ4v) is 12.6. The monoisotopic (exact) mass is 979 g/mol. The summed E-state index contributed by atoms with van der Waals surface area (Å²) in [5, 5.41) is 2.15. The maximum atomic E-state index is 6.29. The quantitative estimate of drug-likeness (QED) is 0.0482. The van der Waals surface area contributed by atoms with Crippen molar-refractivity contribution < 1.29 is 9.47 Å². The zero-order valence-electron chi connectivity index (χ0n) is 42.9. The van der Waals surface area contributed by atoms with Crippen LogP contribution in [0.2, 0.25) is 0 Å². The van der Waals surface area contributed by atoms with E-state index in [0.717, 1.165) is 81.9 Å². The number of fused-ring (bicyclic) bond motifs is 4. The van der Waals surface area contributed by atoms with E-state index in [0.29, 0.717) is 13.2 Å². The minimum atomic E-state index is 0.0363. The normalized spacial score (nSPS) is 12.6. The number of nitrogens with zero attached hydrogens (tertiary/aromatic N) is 2. The van der Waals surface area contributed by atoms with Gasteiger partial charge in [-0.25, -0.2) is 9.97 Å². The molecule has 0 aliphatic heterocycles. The first-order valence-electron chi connectivity index (χ1n) is 27.2. The summed E-state index contributed by atoms with van der Waals surface area (Å²) in [4.78, 5) is 15.1. The van der Waals surface area contributed by atoms with Gasteiger partial charge in [0, 0.05) is 42.3 Å². The lowest BCUT2D eigenvalue weighted by molar-refractivity contribution is 0.309. The standard InChI is InChI=1S/C65H74N2O2S2/c1-5-9-13-15-17-21-39-65(40-22-18-16-14-10-6-2)56-31-20-19-30-52(56)53-34-33-47(46-57(53)65)58-37-38-60(71-58)55-36-35-54(59-32-25-43-70-59)63-64(55)67-62(49-27-24-29-51(45-49)69-42-12-8-4)61(66-63)48-26-23-28-50(44-48)68-41-11-7-3/h19-20,23-38,43-46H,5-18,21-22,39-42H2,1-4H3. The van der Waals surface area contributed by atoms with Gasteiger partial charge in [0.05, 0.1) is 35.6 Å². The molecule has 368 valence electrons. The minimum Gasteiger partial charge on any atom is -0.494 e. The molecule has 6 heteroatoms. The first kappa shape index (κ1) is 50.4. The average molecular weight is 979 g/mol. The zero-order valence-corrected chi connectivity index (χ0v) is 44.5. The highest BCUT2D eigenvalue weighted by Gasteiger charge is 2.42. The number of rotatable bonds is 27. The molecule has 4 nitrogen and oxygen atoms in total. The molecule has 1 aliphatic rings. The van der Waals surface area contributed by atoms with Crippen molar-refractivity contribution in [1.82, 2.24) is 9.97 Å². The molecular formula is C65H74N2O2S2. The largest absolute Gasteiger partial charge is 0.494 e. The van der Waals surface area contributed by atoms with Crippen molar-refractivity contribution in [3.8, 4) is 76.5 Å². The van der Waals surface area contributed by atoms with E-state index in [1.807, 2.05) is 23.5 Å². The maximum Gasteiger partial charge on any atom is 0.119 e. The number of aromatic nitrogens is 2. The van der Waals surface area contributed by atoms with E-state index in [2.05, 4.69) is 148 Å². The summed E-state index contributed by atoms with van der Waals surface area (Å²) < 4.78 is 12.6. The lowest BCUT2D eigenvalue weighted by atomic mass is 9.70. The minimum absolute atomic E-state index is 0.0363. The van der Waals surface area contributed by atoms with Crippen LogP contribution in [0.1, 0.15) is 154 Å². The highest BCUT2D eigenvalue weighted by atomic mass is 32.1. The van der Waals surface area contributed by atoms with Gasteiger partial charge in [-0.1, -0.05) is 196 Å². The molecule has 0 atom stereocenters. The van der Waals surface area contributed by atoms with Crippen molar-refractivity contribution >= 4 is 33.7 Å². The molecule has 0 N–H and O–H groups in total. The van der Waals surface area contributed by atoms with Crippen molar-refractivity contribution in [2.45, 2.75) is 149 Å². The summed E-state index contributed by atoms with van der Waals surface area (Å²) >= 11 is 3.61. The van der Waals surface area contributed by atoms with Crippen molar-refractivity contribution in [3.05, 3.63) is 144 Å². The summed E-state index contributed by atoms with van der Waals surface area (Å²) in [6.45, 7) is 10.4. The fraction of sp³-hybridized carbons (Fsp3) is 0.385. The van der Waals surface area contributed by atoms with Crippen LogP contribution in [-0.4, -0.2) is 23.2 Å². The van der Waals surface area contributed by atoms with Crippen molar-refractivity contribution in [1.29, 1.82) is 0 Å². The first-order chi connectivity index (χ1) is 35.0. The van der Waals surface area contributed by atoms with Gasteiger partial charge >= 0.3 is 0 Å². The van der Waals surface area contributed by atoms with E-state index in [1.54, 1.807) is 22.5 Å². The average Bonchev–Trinajstić information content (AvgIpc) is 4.19. The van der Waals surface area contributed by atoms with E-state index in [1.165, 1.54) is 121 Å². The number of hydrogen-bond acceptors (Lipinski definition) is 6. The van der Waals surface area contributed by atoms with Crippen LogP contribution in [0.4, 0.5) is 0 Å². The summed E-state index contributed by atoms with van der Waals surface area (Å²) in [6, 6.07) is 47.1. The molecule has 71 heavy (non-hydrogen) atoms. The van der Waals surface area contributed by atoms with Gasteiger partial charge in [-0.05, 0) is 107 Å². The fourth-order valence-electron chi connectivity index (χ4n) is 10.8. The summed E-state index contributed by atoms with van der Waals surface area (Å²) in [7, 11) is 0. The number of unbranched alkanes of at least 4 members (excludes halogenated alkanes) is 12. The van der Waals surface area contributed by atoms with E-state index >= 15 is 0 Å². The Labute approximate surface area is 433 Å². The predicted octanol–water partition coefficient (Wildman–Crippen LogP) is 20.2. The molecule has 0 saturated heterocycles. The van der Waals surface area contributed by atoms with Crippen LogP contribution in [0, 0.1) is 0 Å². The number of hydrogen-bond donors (Lipinski definition) is 0. The Bertz CT molecular complexity index is 2950.